The lowest BCUT2D eigenvalue weighted by atomic mass is 10.1. The number of nitrogens with one attached hydrogen (secondary N) is 1. The number of alkyl halides is 3. The van der Waals surface area contributed by atoms with E-state index in [4.69, 9.17) is 0 Å². The number of rotatable bonds is 4. The van der Waals surface area contributed by atoms with Gasteiger partial charge in [-0.05, 0) is 40.3 Å². The zero-order valence-electron chi connectivity index (χ0n) is 12.1. The minimum absolute atomic E-state index is 0.282. The van der Waals surface area contributed by atoms with Crippen molar-refractivity contribution in [1.29, 1.82) is 0 Å². The van der Waals surface area contributed by atoms with E-state index in [9.17, 15) is 13.2 Å². The zero-order valence-corrected chi connectivity index (χ0v) is 12.1. The van der Waals surface area contributed by atoms with Crippen molar-refractivity contribution in [2.45, 2.75) is 6.18 Å². The van der Waals surface area contributed by atoms with Gasteiger partial charge < -0.3 is 0 Å². The van der Waals surface area contributed by atoms with E-state index in [1.54, 1.807) is 0 Å². The fourth-order valence-corrected chi connectivity index (χ4v) is 1.92. The van der Waals surface area contributed by atoms with Crippen molar-refractivity contribution in [1.82, 2.24) is 20.2 Å². The van der Waals surface area contributed by atoms with Crippen LogP contribution in [0.1, 0.15) is 11.1 Å². The second kappa shape index (κ2) is 6.49. The average molecular weight is 332 g/mol. The molecule has 24 heavy (non-hydrogen) atoms. The molecule has 0 aliphatic heterocycles. The SMILES string of the molecule is FC(F)(F)c1ccc(/C=N/Nc2nnnn2-c2ccccc2)cc1. The van der Waals surface area contributed by atoms with Crippen LogP contribution in [-0.4, -0.2) is 26.4 Å². The Morgan fingerprint density at radius 3 is 2.38 bits per heavy atom. The summed E-state index contributed by atoms with van der Waals surface area (Å²) in [6.45, 7) is 0. The first kappa shape index (κ1) is 15.7. The fraction of sp³-hybridized carbons (Fsp3) is 0.0667. The Morgan fingerprint density at radius 1 is 1.00 bits per heavy atom. The lowest BCUT2D eigenvalue weighted by Gasteiger charge is -2.05. The molecule has 0 fully saturated rings. The van der Waals surface area contributed by atoms with Crippen LogP contribution in [0.5, 0.6) is 0 Å². The number of para-hydroxylation sites is 1. The highest BCUT2D eigenvalue weighted by molar-refractivity contribution is 5.80. The van der Waals surface area contributed by atoms with Crippen molar-refractivity contribution in [3.8, 4) is 5.69 Å². The number of tetrazole rings is 1. The molecule has 1 aromatic heterocycles. The van der Waals surface area contributed by atoms with Gasteiger partial charge in [-0.2, -0.15) is 23.0 Å². The highest BCUT2D eigenvalue weighted by Gasteiger charge is 2.29. The van der Waals surface area contributed by atoms with Crippen LogP contribution in [0.4, 0.5) is 19.1 Å². The van der Waals surface area contributed by atoms with E-state index in [1.165, 1.54) is 23.0 Å². The van der Waals surface area contributed by atoms with Gasteiger partial charge in [0.15, 0.2) is 0 Å². The smallest absolute Gasteiger partial charge is 0.244 e. The second-order valence-electron chi connectivity index (χ2n) is 4.74. The van der Waals surface area contributed by atoms with Gasteiger partial charge in [0.05, 0.1) is 17.5 Å². The summed E-state index contributed by atoms with van der Waals surface area (Å²) < 4.78 is 38.9. The summed E-state index contributed by atoms with van der Waals surface area (Å²) in [7, 11) is 0. The van der Waals surface area contributed by atoms with E-state index < -0.39 is 11.7 Å². The van der Waals surface area contributed by atoms with Crippen LogP contribution >= 0.6 is 0 Å². The van der Waals surface area contributed by atoms with Gasteiger partial charge in [-0.15, -0.1) is 0 Å². The predicted octanol–water partition coefficient (Wildman–Crippen LogP) is 3.13. The minimum Gasteiger partial charge on any atom is -0.244 e. The van der Waals surface area contributed by atoms with Crippen molar-refractivity contribution in [2.75, 3.05) is 5.43 Å². The largest absolute Gasteiger partial charge is 0.416 e. The number of hydrazone groups is 1. The van der Waals surface area contributed by atoms with Crippen LogP contribution in [0.25, 0.3) is 5.69 Å². The molecular weight excluding hydrogens is 321 g/mol. The van der Waals surface area contributed by atoms with E-state index >= 15 is 0 Å². The van der Waals surface area contributed by atoms with Crippen molar-refractivity contribution in [3.63, 3.8) is 0 Å². The summed E-state index contributed by atoms with van der Waals surface area (Å²) in [4.78, 5) is 0. The molecule has 122 valence electrons. The monoisotopic (exact) mass is 332 g/mol. The predicted molar refractivity (Wildman–Crippen MR) is 81.8 cm³/mol. The third-order valence-corrected chi connectivity index (χ3v) is 3.09. The van der Waals surface area contributed by atoms with E-state index in [-0.39, 0.29) is 5.95 Å². The molecule has 9 heteroatoms. The van der Waals surface area contributed by atoms with Gasteiger partial charge in [-0.3, -0.25) is 0 Å². The molecule has 0 saturated heterocycles. The van der Waals surface area contributed by atoms with Crippen LogP contribution in [-0.2, 0) is 6.18 Å². The molecule has 0 bridgehead atoms. The second-order valence-corrected chi connectivity index (χ2v) is 4.74. The van der Waals surface area contributed by atoms with Gasteiger partial charge in [-0.25, -0.2) is 5.43 Å². The van der Waals surface area contributed by atoms with Gasteiger partial charge in [0.25, 0.3) is 5.95 Å². The normalized spacial score (nSPS) is 11.8. The third-order valence-electron chi connectivity index (χ3n) is 3.09. The third kappa shape index (κ3) is 3.57. The van der Waals surface area contributed by atoms with Gasteiger partial charge in [0.2, 0.25) is 0 Å². The number of hydrogen-bond acceptors (Lipinski definition) is 5. The van der Waals surface area contributed by atoms with Gasteiger partial charge in [0, 0.05) is 0 Å². The summed E-state index contributed by atoms with van der Waals surface area (Å²) in [6.07, 6.45) is -2.98. The van der Waals surface area contributed by atoms with Crippen LogP contribution in [0, 0.1) is 0 Å². The molecule has 3 rings (SSSR count). The molecule has 2 aromatic carbocycles. The molecule has 0 unspecified atom stereocenters. The molecule has 0 atom stereocenters. The molecule has 0 amide bonds. The first-order valence-electron chi connectivity index (χ1n) is 6.84. The number of anilines is 1. The standard InChI is InChI=1S/C15H11F3N6/c16-15(17,18)12-8-6-11(7-9-12)10-19-20-14-21-22-23-24(14)13-4-2-1-3-5-13/h1-10H,(H,20,21,23)/b19-10+. The van der Waals surface area contributed by atoms with E-state index in [2.05, 4.69) is 26.1 Å². The van der Waals surface area contributed by atoms with Crippen LogP contribution in [0.3, 0.4) is 0 Å². The molecule has 3 aromatic rings. The van der Waals surface area contributed by atoms with Crippen LogP contribution in [0.2, 0.25) is 0 Å². The van der Waals surface area contributed by atoms with E-state index in [1.807, 2.05) is 30.3 Å². The summed E-state index contributed by atoms with van der Waals surface area (Å²) >= 11 is 0. The Hall–Kier alpha value is -3.23. The van der Waals surface area contributed by atoms with Crippen LogP contribution in [0.15, 0.2) is 59.7 Å². The van der Waals surface area contributed by atoms with E-state index in [0.717, 1.165) is 17.8 Å². The van der Waals surface area contributed by atoms with Gasteiger partial charge in [-0.1, -0.05) is 35.4 Å². The summed E-state index contributed by atoms with van der Waals surface area (Å²) in [6, 6.07) is 13.8. The number of nitrogens with zero attached hydrogens (tertiary/aromatic N) is 5. The summed E-state index contributed by atoms with van der Waals surface area (Å²) in [5.74, 6) is 0.282. The maximum atomic E-state index is 12.5. The molecule has 0 radical (unpaired) electrons. The topological polar surface area (TPSA) is 68.0 Å². The maximum Gasteiger partial charge on any atom is 0.416 e. The van der Waals surface area contributed by atoms with Crippen molar-refractivity contribution in [2.24, 2.45) is 5.10 Å². The maximum absolute atomic E-state index is 12.5. The molecule has 1 heterocycles. The average Bonchev–Trinajstić information content (AvgIpc) is 3.04. The number of hydrogen-bond donors (Lipinski definition) is 1. The van der Waals surface area contributed by atoms with Crippen LogP contribution < -0.4 is 5.43 Å². The molecule has 1 N–H and O–H groups in total. The molecular formula is C15H11F3N6. The van der Waals surface area contributed by atoms with Gasteiger partial charge >= 0.3 is 6.18 Å². The molecule has 0 aliphatic carbocycles. The number of halogens is 3. The Labute approximate surface area is 134 Å². The summed E-state index contributed by atoms with van der Waals surface area (Å²) in [5.41, 5.74) is 3.21. The Morgan fingerprint density at radius 2 is 1.71 bits per heavy atom. The molecule has 0 aliphatic rings. The highest BCUT2D eigenvalue weighted by Crippen LogP contribution is 2.28. The highest BCUT2D eigenvalue weighted by atomic mass is 19.4. The Bertz CT molecular complexity index is 824. The quantitative estimate of drug-likeness (QED) is 0.589. The molecule has 0 spiro atoms. The van der Waals surface area contributed by atoms with Crippen molar-refractivity contribution in [3.05, 3.63) is 65.7 Å². The van der Waals surface area contributed by atoms with Crippen molar-refractivity contribution < 1.29 is 13.2 Å². The lowest BCUT2D eigenvalue weighted by molar-refractivity contribution is -0.137. The van der Waals surface area contributed by atoms with Gasteiger partial charge in [0.1, 0.15) is 0 Å². The Balaban J connectivity index is 1.71. The first-order chi connectivity index (χ1) is 11.5. The molecule has 6 nitrogen and oxygen atoms in total. The number of benzene rings is 2. The zero-order chi connectivity index (χ0) is 17.0. The fourth-order valence-electron chi connectivity index (χ4n) is 1.92. The minimum atomic E-state index is -4.36. The van der Waals surface area contributed by atoms with E-state index in [0.29, 0.717) is 5.56 Å². The summed E-state index contributed by atoms with van der Waals surface area (Å²) in [5, 5.41) is 15.2. The van der Waals surface area contributed by atoms with Crippen molar-refractivity contribution >= 4 is 12.2 Å². The lowest BCUT2D eigenvalue weighted by Crippen LogP contribution is -2.05. The first-order valence-corrected chi connectivity index (χ1v) is 6.84. The molecule has 0 saturated carbocycles. The Kier molecular flexibility index (Phi) is 4.23. The number of aromatic nitrogens is 4.